The number of benzene rings is 1. The Kier molecular flexibility index (Phi) is 1.85. The van der Waals surface area contributed by atoms with Gasteiger partial charge in [0.1, 0.15) is 0 Å². The second kappa shape index (κ2) is 2.65. The predicted molar refractivity (Wildman–Crippen MR) is 36.3 cm³/mol. The smallest absolute Gasteiger partial charge is 0.169 e. The van der Waals surface area contributed by atoms with Crippen LogP contribution < -0.4 is 4.74 Å². The monoisotopic (exact) mass is 158 g/mol. The van der Waals surface area contributed by atoms with Crippen LogP contribution in [0.4, 0.5) is 4.39 Å². The molecule has 0 saturated heterocycles. The maximum atomic E-state index is 12.6. The number of rotatable bonds is 1. The predicted octanol–water partition coefficient (Wildman–Crippen LogP) is 1.25. The fraction of sp³-hybridized carbons (Fsp3) is 0.143. The van der Waals surface area contributed by atoms with Crippen LogP contribution in [0.3, 0.4) is 0 Å². The number of phenolic OH excluding ortho intramolecular Hbond substituents is 2. The van der Waals surface area contributed by atoms with Gasteiger partial charge in [-0.05, 0) is 0 Å². The number of halogens is 1. The van der Waals surface area contributed by atoms with Crippen molar-refractivity contribution < 1.29 is 19.3 Å². The van der Waals surface area contributed by atoms with Crippen LogP contribution >= 0.6 is 0 Å². The molecule has 0 aromatic heterocycles. The SMILES string of the molecule is COc1cc(O)c(O)cc1F. The van der Waals surface area contributed by atoms with Crippen molar-refractivity contribution in [1.82, 2.24) is 0 Å². The lowest BCUT2D eigenvalue weighted by Crippen LogP contribution is -1.86. The summed E-state index contributed by atoms with van der Waals surface area (Å²) < 4.78 is 17.2. The van der Waals surface area contributed by atoms with Crippen molar-refractivity contribution >= 4 is 0 Å². The van der Waals surface area contributed by atoms with Crippen molar-refractivity contribution in [2.24, 2.45) is 0 Å². The molecule has 11 heavy (non-hydrogen) atoms. The molecule has 1 rings (SSSR count). The van der Waals surface area contributed by atoms with Gasteiger partial charge in [0.05, 0.1) is 7.11 Å². The standard InChI is InChI=1S/C7H7FO3/c1-11-7-3-6(10)5(9)2-4(7)8/h2-3,9-10H,1H3. The highest BCUT2D eigenvalue weighted by Gasteiger charge is 2.07. The van der Waals surface area contributed by atoms with Crippen molar-refractivity contribution in [3.8, 4) is 17.2 Å². The van der Waals surface area contributed by atoms with Gasteiger partial charge < -0.3 is 14.9 Å². The van der Waals surface area contributed by atoms with E-state index in [0.29, 0.717) is 0 Å². The molecule has 4 heteroatoms. The maximum Gasteiger partial charge on any atom is 0.169 e. The minimum Gasteiger partial charge on any atom is -0.504 e. The lowest BCUT2D eigenvalue weighted by Gasteiger charge is -2.02. The summed E-state index contributed by atoms with van der Waals surface area (Å²) in [5.41, 5.74) is 0. The quantitative estimate of drug-likeness (QED) is 0.604. The molecule has 1 aromatic rings. The summed E-state index contributed by atoms with van der Waals surface area (Å²) in [7, 11) is 1.27. The first-order valence-electron chi connectivity index (χ1n) is 2.90. The molecular weight excluding hydrogens is 151 g/mol. The zero-order valence-corrected chi connectivity index (χ0v) is 5.84. The Hall–Kier alpha value is -1.45. The summed E-state index contributed by atoms with van der Waals surface area (Å²) in [6.45, 7) is 0. The second-order valence-electron chi connectivity index (χ2n) is 1.98. The molecule has 3 nitrogen and oxygen atoms in total. The average Bonchev–Trinajstić information content (AvgIpc) is 1.97. The van der Waals surface area contributed by atoms with Crippen LogP contribution in [-0.4, -0.2) is 17.3 Å². The molecule has 1 aromatic carbocycles. The molecule has 0 bridgehead atoms. The van der Waals surface area contributed by atoms with E-state index in [1.165, 1.54) is 7.11 Å². The van der Waals surface area contributed by atoms with Crippen molar-refractivity contribution in [3.05, 3.63) is 17.9 Å². The highest BCUT2D eigenvalue weighted by atomic mass is 19.1. The third-order valence-corrected chi connectivity index (χ3v) is 1.25. The molecule has 0 unspecified atom stereocenters. The first-order chi connectivity index (χ1) is 5.15. The lowest BCUT2D eigenvalue weighted by atomic mass is 10.3. The van der Waals surface area contributed by atoms with E-state index in [0.717, 1.165) is 12.1 Å². The number of phenols is 2. The molecule has 60 valence electrons. The number of methoxy groups -OCH3 is 1. The zero-order chi connectivity index (χ0) is 8.43. The van der Waals surface area contributed by atoms with E-state index >= 15 is 0 Å². The number of hydrogen-bond donors (Lipinski definition) is 2. The Bertz CT molecular complexity index is 273. The van der Waals surface area contributed by atoms with Crippen molar-refractivity contribution in [2.45, 2.75) is 0 Å². The van der Waals surface area contributed by atoms with Gasteiger partial charge in [-0.15, -0.1) is 0 Å². The first-order valence-corrected chi connectivity index (χ1v) is 2.90. The van der Waals surface area contributed by atoms with Gasteiger partial charge in [0.25, 0.3) is 0 Å². The van der Waals surface area contributed by atoms with E-state index in [1.807, 2.05) is 0 Å². The first kappa shape index (κ1) is 7.65. The summed E-state index contributed by atoms with van der Waals surface area (Å²) in [6, 6.07) is 1.79. The van der Waals surface area contributed by atoms with Crippen LogP contribution in [0.15, 0.2) is 12.1 Å². The Labute approximate surface area is 62.7 Å². The summed E-state index contributed by atoms with van der Waals surface area (Å²) >= 11 is 0. The molecule has 0 radical (unpaired) electrons. The molecule has 0 amide bonds. The second-order valence-corrected chi connectivity index (χ2v) is 1.98. The van der Waals surface area contributed by atoms with Gasteiger partial charge in [-0.25, -0.2) is 4.39 Å². The molecule has 0 aliphatic carbocycles. The highest BCUT2D eigenvalue weighted by Crippen LogP contribution is 2.31. The molecule has 0 atom stereocenters. The van der Waals surface area contributed by atoms with Gasteiger partial charge in [0, 0.05) is 12.1 Å². The molecule has 0 heterocycles. The van der Waals surface area contributed by atoms with Gasteiger partial charge in [-0.3, -0.25) is 0 Å². The zero-order valence-electron chi connectivity index (χ0n) is 5.84. The third-order valence-electron chi connectivity index (χ3n) is 1.25. The number of aromatic hydroxyl groups is 2. The molecule has 0 aliphatic rings. The largest absolute Gasteiger partial charge is 0.504 e. The molecule has 0 fully saturated rings. The van der Waals surface area contributed by atoms with E-state index < -0.39 is 17.3 Å². The molecular formula is C7H7FO3. The molecule has 0 spiro atoms. The van der Waals surface area contributed by atoms with Crippen LogP contribution in [-0.2, 0) is 0 Å². The van der Waals surface area contributed by atoms with Crippen LogP contribution in [0.1, 0.15) is 0 Å². The topological polar surface area (TPSA) is 49.7 Å². The minimum absolute atomic E-state index is 0.0969. The normalized spacial score (nSPS) is 9.64. The van der Waals surface area contributed by atoms with Crippen molar-refractivity contribution in [2.75, 3.05) is 7.11 Å². The van der Waals surface area contributed by atoms with Gasteiger partial charge in [0.2, 0.25) is 0 Å². The van der Waals surface area contributed by atoms with Crippen LogP contribution in [0.2, 0.25) is 0 Å². The summed E-state index contributed by atoms with van der Waals surface area (Å²) in [5.74, 6) is -1.70. The van der Waals surface area contributed by atoms with Gasteiger partial charge in [-0.1, -0.05) is 0 Å². The Morgan fingerprint density at radius 3 is 2.36 bits per heavy atom. The van der Waals surface area contributed by atoms with Crippen LogP contribution in [0.5, 0.6) is 17.2 Å². The van der Waals surface area contributed by atoms with E-state index in [2.05, 4.69) is 4.74 Å². The highest BCUT2D eigenvalue weighted by molar-refractivity contribution is 5.44. The molecule has 0 aliphatic heterocycles. The van der Waals surface area contributed by atoms with Crippen molar-refractivity contribution in [3.63, 3.8) is 0 Å². The van der Waals surface area contributed by atoms with Gasteiger partial charge in [-0.2, -0.15) is 0 Å². The Morgan fingerprint density at radius 1 is 1.27 bits per heavy atom. The Balaban J connectivity index is 3.21. The molecule has 2 N–H and O–H groups in total. The summed E-state index contributed by atoms with van der Waals surface area (Å²) in [6.07, 6.45) is 0. The minimum atomic E-state index is -0.706. The van der Waals surface area contributed by atoms with E-state index in [1.54, 1.807) is 0 Å². The fourth-order valence-corrected chi connectivity index (χ4v) is 0.689. The van der Waals surface area contributed by atoms with Crippen LogP contribution in [0, 0.1) is 5.82 Å². The van der Waals surface area contributed by atoms with E-state index in [-0.39, 0.29) is 5.75 Å². The van der Waals surface area contributed by atoms with Crippen molar-refractivity contribution in [1.29, 1.82) is 0 Å². The third kappa shape index (κ3) is 1.34. The summed E-state index contributed by atoms with van der Waals surface area (Å²) in [4.78, 5) is 0. The fourth-order valence-electron chi connectivity index (χ4n) is 0.689. The Morgan fingerprint density at radius 2 is 1.82 bits per heavy atom. The van der Waals surface area contributed by atoms with E-state index in [9.17, 15) is 4.39 Å². The van der Waals surface area contributed by atoms with Crippen LogP contribution in [0.25, 0.3) is 0 Å². The lowest BCUT2D eigenvalue weighted by molar-refractivity contribution is 0.365. The molecule has 0 saturated carbocycles. The number of hydrogen-bond acceptors (Lipinski definition) is 3. The maximum absolute atomic E-state index is 12.6. The summed E-state index contributed by atoms with van der Waals surface area (Å²) in [5, 5.41) is 17.6. The van der Waals surface area contributed by atoms with Gasteiger partial charge in [0.15, 0.2) is 23.1 Å². The van der Waals surface area contributed by atoms with E-state index in [4.69, 9.17) is 10.2 Å². The average molecular weight is 158 g/mol. The van der Waals surface area contributed by atoms with Gasteiger partial charge >= 0.3 is 0 Å². The number of ether oxygens (including phenoxy) is 1.